The van der Waals surface area contributed by atoms with Gasteiger partial charge in [0.2, 0.25) is 0 Å². The third kappa shape index (κ3) is 3.59. The third-order valence-corrected chi connectivity index (χ3v) is 2.69. The van der Waals surface area contributed by atoms with Gasteiger partial charge in [-0.15, -0.1) is 0 Å². The summed E-state index contributed by atoms with van der Waals surface area (Å²) in [5, 5.41) is 12.2. The highest BCUT2D eigenvalue weighted by Crippen LogP contribution is 2.04. The number of nitrogens with zero attached hydrogens (tertiary/aromatic N) is 4. The highest BCUT2D eigenvalue weighted by molar-refractivity contribution is 5.88. The quantitative estimate of drug-likeness (QED) is 0.788. The van der Waals surface area contributed by atoms with Gasteiger partial charge in [-0.2, -0.15) is 0 Å². The summed E-state index contributed by atoms with van der Waals surface area (Å²) in [4.78, 5) is 22.7. The second-order valence-corrected chi connectivity index (χ2v) is 4.23. The van der Waals surface area contributed by atoms with E-state index in [9.17, 15) is 4.79 Å². The zero-order valence-corrected chi connectivity index (χ0v) is 10.5. The summed E-state index contributed by atoms with van der Waals surface area (Å²) in [6.07, 6.45) is 8.01. The number of carboxylic acids is 1. The van der Waals surface area contributed by atoms with Crippen LogP contribution in [0.4, 0.5) is 0 Å². The predicted octanol–water partition coefficient (Wildman–Crippen LogP) is 0.550. The maximum absolute atomic E-state index is 11.0. The van der Waals surface area contributed by atoms with Gasteiger partial charge in [-0.1, -0.05) is 0 Å². The van der Waals surface area contributed by atoms with Crippen molar-refractivity contribution in [2.24, 2.45) is 0 Å². The summed E-state index contributed by atoms with van der Waals surface area (Å²) in [5.41, 5.74) is 0.616. The zero-order chi connectivity index (χ0) is 13.7. The van der Waals surface area contributed by atoms with Gasteiger partial charge in [-0.25, -0.2) is 19.7 Å². The fraction of sp³-hybridized carbons (Fsp3) is 0.333. The van der Waals surface area contributed by atoms with Crippen LogP contribution in [-0.2, 0) is 13.1 Å². The van der Waals surface area contributed by atoms with Crippen molar-refractivity contribution < 1.29 is 9.90 Å². The van der Waals surface area contributed by atoms with Gasteiger partial charge in [-0.05, 0) is 6.92 Å². The molecule has 0 aliphatic heterocycles. The minimum Gasteiger partial charge on any atom is -0.478 e. The summed E-state index contributed by atoms with van der Waals surface area (Å²) in [7, 11) is 0. The number of rotatable bonds is 6. The van der Waals surface area contributed by atoms with Gasteiger partial charge in [-0.3, -0.25) is 0 Å². The summed E-state index contributed by atoms with van der Waals surface area (Å²) < 4.78 is 1.95. The lowest BCUT2D eigenvalue weighted by Gasteiger charge is -2.14. The normalized spacial score (nSPS) is 12.3. The molecule has 0 radical (unpaired) electrons. The van der Waals surface area contributed by atoms with Crippen molar-refractivity contribution in [1.29, 1.82) is 0 Å². The molecule has 0 saturated carbocycles. The molecular weight excluding hydrogens is 246 g/mol. The molecule has 2 N–H and O–H groups in total. The molecule has 0 aliphatic carbocycles. The second-order valence-electron chi connectivity index (χ2n) is 4.23. The lowest BCUT2D eigenvalue weighted by Crippen LogP contribution is -2.30. The molecule has 0 bridgehead atoms. The Hall–Kier alpha value is -2.28. The van der Waals surface area contributed by atoms with Gasteiger partial charge in [0.05, 0.1) is 12.0 Å². The van der Waals surface area contributed by atoms with Crippen LogP contribution in [0.15, 0.2) is 31.2 Å². The van der Waals surface area contributed by atoms with E-state index in [0.29, 0.717) is 12.2 Å². The predicted molar refractivity (Wildman–Crippen MR) is 67.5 cm³/mol. The monoisotopic (exact) mass is 261 g/mol. The van der Waals surface area contributed by atoms with Crippen LogP contribution in [0.25, 0.3) is 0 Å². The summed E-state index contributed by atoms with van der Waals surface area (Å²) in [6, 6.07) is 0.172. The fourth-order valence-corrected chi connectivity index (χ4v) is 1.72. The number of carboxylic acid groups (broad SMARTS) is 1. The van der Waals surface area contributed by atoms with Crippen LogP contribution in [0.2, 0.25) is 0 Å². The fourth-order valence-electron chi connectivity index (χ4n) is 1.72. The smallest absolute Gasteiger partial charge is 0.339 e. The molecule has 7 heteroatoms. The van der Waals surface area contributed by atoms with Gasteiger partial charge in [0.1, 0.15) is 11.9 Å². The lowest BCUT2D eigenvalue weighted by molar-refractivity contribution is 0.0694. The molecule has 0 aliphatic rings. The molecule has 2 aromatic rings. The van der Waals surface area contributed by atoms with E-state index in [1.807, 2.05) is 17.7 Å². The Balaban J connectivity index is 1.93. The highest BCUT2D eigenvalue weighted by atomic mass is 16.4. The number of nitrogens with one attached hydrogen (secondary N) is 1. The first-order valence-electron chi connectivity index (χ1n) is 5.88. The first-order valence-corrected chi connectivity index (χ1v) is 5.88. The molecule has 1 atom stereocenters. The Morgan fingerprint density at radius 2 is 2.37 bits per heavy atom. The van der Waals surface area contributed by atoms with Crippen LogP contribution in [0.1, 0.15) is 23.0 Å². The van der Waals surface area contributed by atoms with Gasteiger partial charge in [0.15, 0.2) is 0 Å². The number of imidazole rings is 1. The molecule has 100 valence electrons. The summed E-state index contributed by atoms with van der Waals surface area (Å²) in [5.74, 6) is -1.01. The standard InChI is InChI=1S/C12H15N5O2/c1-9(6-17-3-2-13-8-17)15-5-11-10(12(18)19)4-14-7-16-11/h2-4,7-9,15H,5-6H2,1H3,(H,18,19). The molecule has 2 rings (SSSR count). The van der Waals surface area contributed by atoms with Crippen LogP contribution in [-0.4, -0.2) is 36.6 Å². The number of aromatic carboxylic acids is 1. The van der Waals surface area contributed by atoms with Crippen LogP contribution >= 0.6 is 0 Å². The molecule has 0 spiro atoms. The molecule has 2 heterocycles. The zero-order valence-electron chi connectivity index (χ0n) is 10.5. The average molecular weight is 261 g/mol. The third-order valence-electron chi connectivity index (χ3n) is 2.69. The van der Waals surface area contributed by atoms with Gasteiger partial charge < -0.3 is 15.0 Å². The Kier molecular flexibility index (Phi) is 4.19. The molecule has 1 unspecified atom stereocenters. The minimum atomic E-state index is -1.01. The number of carbonyl (C=O) groups is 1. The van der Waals surface area contributed by atoms with Crippen molar-refractivity contribution in [3.63, 3.8) is 0 Å². The van der Waals surface area contributed by atoms with Crippen molar-refractivity contribution in [3.8, 4) is 0 Å². The first kappa shape index (κ1) is 13.2. The van der Waals surface area contributed by atoms with Crippen LogP contribution < -0.4 is 5.32 Å². The molecular formula is C12H15N5O2. The molecule has 0 saturated heterocycles. The van der Waals surface area contributed by atoms with Gasteiger partial charge >= 0.3 is 5.97 Å². The largest absolute Gasteiger partial charge is 0.478 e. The SMILES string of the molecule is CC(Cn1ccnc1)NCc1ncncc1C(=O)O. The van der Waals surface area contributed by atoms with E-state index in [2.05, 4.69) is 20.3 Å². The molecule has 0 fully saturated rings. The number of aromatic nitrogens is 4. The Morgan fingerprint density at radius 1 is 1.53 bits per heavy atom. The van der Waals surface area contributed by atoms with E-state index in [0.717, 1.165) is 6.54 Å². The molecule has 2 aromatic heterocycles. The van der Waals surface area contributed by atoms with Crippen molar-refractivity contribution in [2.75, 3.05) is 0 Å². The van der Waals surface area contributed by atoms with E-state index in [4.69, 9.17) is 5.11 Å². The second kappa shape index (κ2) is 6.05. The van der Waals surface area contributed by atoms with Crippen molar-refractivity contribution >= 4 is 5.97 Å². The highest BCUT2D eigenvalue weighted by Gasteiger charge is 2.12. The van der Waals surface area contributed by atoms with Crippen LogP contribution in [0, 0.1) is 0 Å². The van der Waals surface area contributed by atoms with Crippen molar-refractivity contribution in [3.05, 3.63) is 42.5 Å². The molecule has 0 amide bonds. The minimum absolute atomic E-state index is 0.129. The average Bonchev–Trinajstić information content (AvgIpc) is 2.89. The maximum atomic E-state index is 11.0. The first-order chi connectivity index (χ1) is 9.16. The maximum Gasteiger partial charge on any atom is 0.339 e. The Labute approximate surface area is 110 Å². The Morgan fingerprint density at radius 3 is 3.05 bits per heavy atom. The Bertz CT molecular complexity index is 541. The van der Waals surface area contributed by atoms with Crippen molar-refractivity contribution in [1.82, 2.24) is 24.8 Å². The van der Waals surface area contributed by atoms with Crippen molar-refractivity contribution in [2.45, 2.75) is 26.1 Å². The lowest BCUT2D eigenvalue weighted by atomic mass is 10.2. The van der Waals surface area contributed by atoms with Gasteiger partial charge in [0.25, 0.3) is 0 Å². The molecule has 7 nitrogen and oxygen atoms in total. The molecule has 19 heavy (non-hydrogen) atoms. The van der Waals surface area contributed by atoms with Crippen LogP contribution in [0.3, 0.4) is 0 Å². The van der Waals surface area contributed by atoms with E-state index < -0.39 is 5.97 Å². The summed E-state index contributed by atoms with van der Waals surface area (Å²) >= 11 is 0. The number of hydrogen-bond acceptors (Lipinski definition) is 5. The van der Waals surface area contributed by atoms with E-state index >= 15 is 0 Å². The summed E-state index contributed by atoms with van der Waals surface area (Å²) in [6.45, 7) is 3.16. The van der Waals surface area contributed by atoms with Gasteiger partial charge in [0, 0.05) is 37.7 Å². The van der Waals surface area contributed by atoms with E-state index in [1.54, 1.807) is 12.5 Å². The topological polar surface area (TPSA) is 92.9 Å². The molecule has 0 aromatic carbocycles. The van der Waals surface area contributed by atoms with E-state index in [-0.39, 0.29) is 11.6 Å². The van der Waals surface area contributed by atoms with Crippen LogP contribution in [0.5, 0.6) is 0 Å². The van der Waals surface area contributed by atoms with E-state index in [1.165, 1.54) is 12.5 Å². The number of hydrogen-bond donors (Lipinski definition) is 2.